The van der Waals surface area contributed by atoms with Gasteiger partial charge in [0.1, 0.15) is 5.56 Å². The van der Waals surface area contributed by atoms with Gasteiger partial charge in [-0.2, -0.15) is 0 Å². The van der Waals surface area contributed by atoms with E-state index in [4.69, 9.17) is 4.74 Å². The third-order valence-corrected chi connectivity index (χ3v) is 3.24. The van der Waals surface area contributed by atoms with Crippen molar-refractivity contribution < 1.29 is 9.53 Å². The molecule has 0 radical (unpaired) electrons. The van der Waals surface area contributed by atoms with Crippen molar-refractivity contribution in [3.8, 4) is 5.88 Å². The molecule has 1 aromatic rings. The summed E-state index contributed by atoms with van der Waals surface area (Å²) in [7, 11) is 1.53. The van der Waals surface area contributed by atoms with Gasteiger partial charge in [0.05, 0.1) is 12.6 Å². The van der Waals surface area contributed by atoms with Crippen LogP contribution in [0.15, 0.2) is 18.3 Å². The fourth-order valence-electron chi connectivity index (χ4n) is 2.22. The Hall–Kier alpha value is -1.62. The second-order valence-electron chi connectivity index (χ2n) is 5.01. The van der Waals surface area contributed by atoms with Gasteiger partial charge in [0.15, 0.2) is 0 Å². The summed E-state index contributed by atoms with van der Waals surface area (Å²) in [5, 5.41) is 3.30. The minimum absolute atomic E-state index is 0.0218. The van der Waals surface area contributed by atoms with Crippen LogP contribution in [0.2, 0.25) is 0 Å². The van der Waals surface area contributed by atoms with Crippen molar-refractivity contribution in [2.24, 2.45) is 0 Å². The van der Waals surface area contributed by atoms with Gasteiger partial charge in [-0.15, -0.1) is 0 Å². The number of nitrogens with one attached hydrogen (secondary N) is 1. The Morgan fingerprint density at radius 1 is 1.56 bits per heavy atom. The van der Waals surface area contributed by atoms with E-state index in [-0.39, 0.29) is 11.4 Å². The van der Waals surface area contributed by atoms with Gasteiger partial charge < -0.3 is 15.0 Å². The van der Waals surface area contributed by atoms with Crippen molar-refractivity contribution in [1.29, 1.82) is 0 Å². The molecule has 0 bridgehead atoms. The number of pyridine rings is 1. The monoisotopic (exact) mass is 249 g/mol. The van der Waals surface area contributed by atoms with E-state index in [9.17, 15) is 4.79 Å². The molecule has 2 rings (SSSR count). The first-order valence-corrected chi connectivity index (χ1v) is 6.08. The number of carbonyl (C=O) groups excluding carboxylic acids is 1. The van der Waals surface area contributed by atoms with Crippen LogP contribution in [0.4, 0.5) is 0 Å². The van der Waals surface area contributed by atoms with Gasteiger partial charge in [-0.25, -0.2) is 4.98 Å². The fraction of sp³-hybridized carbons (Fsp3) is 0.538. The molecular formula is C13H19N3O2. The van der Waals surface area contributed by atoms with Crippen LogP contribution in [0.5, 0.6) is 5.88 Å². The number of hydrogen-bond donors (Lipinski definition) is 1. The SMILES string of the molecule is COc1ncccc1C(=O)N1CCNCC1(C)C. The van der Waals surface area contributed by atoms with E-state index in [0.29, 0.717) is 18.0 Å². The summed E-state index contributed by atoms with van der Waals surface area (Å²) >= 11 is 0. The number of rotatable bonds is 2. The summed E-state index contributed by atoms with van der Waals surface area (Å²) < 4.78 is 5.15. The first-order chi connectivity index (χ1) is 8.56. The Morgan fingerprint density at radius 3 is 3.00 bits per heavy atom. The van der Waals surface area contributed by atoms with E-state index in [1.807, 2.05) is 4.90 Å². The van der Waals surface area contributed by atoms with Gasteiger partial charge in [-0.05, 0) is 26.0 Å². The molecule has 1 aliphatic heterocycles. The van der Waals surface area contributed by atoms with Crippen LogP contribution in [-0.2, 0) is 0 Å². The maximum atomic E-state index is 12.6. The average Bonchev–Trinajstić information content (AvgIpc) is 2.37. The maximum absolute atomic E-state index is 12.6. The maximum Gasteiger partial charge on any atom is 0.259 e. The van der Waals surface area contributed by atoms with Gasteiger partial charge in [0.2, 0.25) is 5.88 Å². The molecule has 0 aliphatic carbocycles. The lowest BCUT2D eigenvalue weighted by Gasteiger charge is -2.42. The Balaban J connectivity index is 2.30. The van der Waals surface area contributed by atoms with Gasteiger partial charge >= 0.3 is 0 Å². The molecule has 1 saturated heterocycles. The number of carbonyl (C=O) groups is 1. The quantitative estimate of drug-likeness (QED) is 0.846. The number of nitrogens with zero attached hydrogens (tertiary/aromatic N) is 2. The molecule has 18 heavy (non-hydrogen) atoms. The molecule has 0 spiro atoms. The van der Waals surface area contributed by atoms with Crippen molar-refractivity contribution in [2.75, 3.05) is 26.7 Å². The van der Waals surface area contributed by atoms with E-state index >= 15 is 0 Å². The van der Waals surface area contributed by atoms with Gasteiger partial charge in [-0.3, -0.25) is 4.79 Å². The zero-order valence-corrected chi connectivity index (χ0v) is 11.1. The standard InChI is InChI=1S/C13H19N3O2/c1-13(2)9-14-7-8-16(13)12(17)10-5-4-6-15-11(10)18-3/h4-6,14H,7-9H2,1-3H3. The lowest BCUT2D eigenvalue weighted by molar-refractivity contribution is 0.0473. The first kappa shape index (κ1) is 12.8. The molecule has 0 aromatic carbocycles. The van der Waals surface area contributed by atoms with Crippen LogP contribution in [-0.4, -0.2) is 48.1 Å². The van der Waals surface area contributed by atoms with Crippen LogP contribution in [0, 0.1) is 0 Å². The third kappa shape index (κ3) is 2.31. The van der Waals surface area contributed by atoms with Gasteiger partial charge in [0, 0.05) is 25.8 Å². The number of aromatic nitrogens is 1. The number of piperazine rings is 1. The van der Waals surface area contributed by atoms with E-state index in [1.165, 1.54) is 7.11 Å². The van der Waals surface area contributed by atoms with E-state index in [0.717, 1.165) is 13.1 Å². The van der Waals surface area contributed by atoms with Crippen molar-refractivity contribution in [3.05, 3.63) is 23.9 Å². The van der Waals surface area contributed by atoms with Gasteiger partial charge in [0.25, 0.3) is 5.91 Å². The smallest absolute Gasteiger partial charge is 0.259 e. The topological polar surface area (TPSA) is 54.5 Å². The summed E-state index contributed by atoms with van der Waals surface area (Å²) in [6, 6.07) is 3.51. The highest BCUT2D eigenvalue weighted by atomic mass is 16.5. The lowest BCUT2D eigenvalue weighted by atomic mass is 9.99. The Labute approximate surface area is 107 Å². The van der Waals surface area contributed by atoms with Crippen molar-refractivity contribution >= 4 is 5.91 Å². The second-order valence-corrected chi connectivity index (χ2v) is 5.01. The van der Waals surface area contributed by atoms with E-state index in [2.05, 4.69) is 24.1 Å². The summed E-state index contributed by atoms with van der Waals surface area (Å²) in [6.07, 6.45) is 1.62. The minimum atomic E-state index is -0.198. The molecular weight excluding hydrogens is 230 g/mol. The molecule has 98 valence electrons. The fourth-order valence-corrected chi connectivity index (χ4v) is 2.22. The Morgan fingerprint density at radius 2 is 2.33 bits per heavy atom. The normalized spacial score (nSPS) is 18.5. The van der Waals surface area contributed by atoms with Crippen LogP contribution >= 0.6 is 0 Å². The first-order valence-electron chi connectivity index (χ1n) is 6.08. The zero-order valence-electron chi connectivity index (χ0n) is 11.1. The lowest BCUT2D eigenvalue weighted by Crippen LogP contribution is -2.59. The van der Waals surface area contributed by atoms with E-state index in [1.54, 1.807) is 18.3 Å². The number of hydrogen-bond acceptors (Lipinski definition) is 4. The molecule has 0 atom stereocenters. The van der Waals surface area contributed by atoms with Crippen LogP contribution in [0.25, 0.3) is 0 Å². The van der Waals surface area contributed by atoms with Crippen molar-refractivity contribution in [2.45, 2.75) is 19.4 Å². The number of ether oxygens (including phenoxy) is 1. The largest absolute Gasteiger partial charge is 0.480 e. The molecule has 5 heteroatoms. The number of methoxy groups -OCH3 is 1. The molecule has 1 amide bonds. The van der Waals surface area contributed by atoms with Gasteiger partial charge in [-0.1, -0.05) is 0 Å². The molecule has 1 aliphatic rings. The minimum Gasteiger partial charge on any atom is -0.480 e. The van der Waals surface area contributed by atoms with Crippen LogP contribution in [0.1, 0.15) is 24.2 Å². The summed E-state index contributed by atoms with van der Waals surface area (Å²) in [5.74, 6) is 0.364. The average molecular weight is 249 g/mol. The predicted molar refractivity (Wildman–Crippen MR) is 68.8 cm³/mol. The second kappa shape index (κ2) is 4.94. The number of amides is 1. The van der Waals surface area contributed by atoms with E-state index < -0.39 is 0 Å². The highest BCUT2D eigenvalue weighted by molar-refractivity contribution is 5.96. The molecule has 1 N–H and O–H groups in total. The predicted octanol–water partition coefficient (Wildman–Crippen LogP) is 0.914. The Kier molecular flexibility index (Phi) is 3.52. The zero-order chi connectivity index (χ0) is 13.2. The third-order valence-electron chi connectivity index (χ3n) is 3.24. The van der Waals surface area contributed by atoms with Crippen molar-refractivity contribution in [3.63, 3.8) is 0 Å². The molecule has 0 unspecified atom stereocenters. The summed E-state index contributed by atoms with van der Waals surface area (Å²) in [6.45, 7) is 6.42. The van der Waals surface area contributed by atoms with Crippen molar-refractivity contribution in [1.82, 2.24) is 15.2 Å². The molecule has 5 nitrogen and oxygen atoms in total. The summed E-state index contributed by atoms with van der Waals surface area (Å²) in [4.78, 5) is 18.5. The molecule has 1 aromatic heterocycles. The summed E-state index contributed by atoms with van der Waals surface area (Å²) in [5.41, 5.74) is 0.325. The molecule has 0 saturated carbocycles. The highest BCUT2D eigenvalue weighted by Gasteiger charge is 2.34. The van der Waals surface area contributed by atoms with Crippen LogP contribution in [0.3, 0.4) is 0 Å². The molecule has 2 heterocycles. The Bertz CT molecular complexity index is 446. The molecule has 1 fully saturated rings. The highest BCUT2D eigenvalue weighted by Crippen LogP contribution is 2.23. The van der Waals surface area contributed by atoms with Crippen LogP contribution < -0.4 is 10.1 Å².